The first-order valence-corrected chi connectivity index (χ1v) is 9.56. The summed E-state index contributed by atoms with van der Waals surface area (Å²) in [6.45, 7) is 0.0814. The van der Waals surface area contributed by atoms with Crippen LogP contribution in [0.25, 0.3) is 0 Å². The van der Waals surface area contributed by atoms with E-state index in [9.17, 15) is 4.79 Å². The number of para-hydroxylation sites is 1. The Kier molecular flexibility index (Phi) is 7.05. The number of methoxy groups -OCH3 is 2. The summed E-state index contributed by atoms with van der Waals surface area (Å²) in [5.74, 6) is 1.27. The highest BCUT2D eigenvalue weighted by atomic mass is 16.5. The number of ether oxygens (including phenoxy) is 2. The van der Waals surface area contributed by atoms with Crippen LogP contribution in [0.5, 0.6) is 11.5 Å². The van der Waals surface area contributed by atoms with Crippen LogP contribution in [0.15, 0.2) is 78.9 Å². The molecule has 154 valence electrons. The molecule has 0 fully saturated rings. The third-order valence-corrected chi connectivity index (χ3v) is 4.56. The number of hydrogen-bond acceptors (Lipinski definition) is 4. The lowest BCUT2D eigenvalue weighted by Crippen LogP contribution is -2.40. The van der Waals surface area contributed by atoms with Crippen molar-refractivity contribution in [3.8, 4) is 11.5 Å². The van der Waals surface area contributed by atoms with Crippen molar-refractivity contribution in [2.75, 3.05) is 31.0 Å². The molecule has 0 spiro atoms. The zero-order valence-electron chi connectivity index (χ0n) is 17.1. The largest absolute Gasteiger partial charge is 0.493 e. The Morgan fingerprint density at radius 1 is 0.900 bits per heavy atom. The predicted octanol–water partition coefficient (Wildman–Crippen LogP) is 4.37. The summed E-state index contributed by atoms with van der Waals surface area (Å²) in [6, 6.07) is 24.3. The Balaban J connectivity index is 1.78. The summed E-state index contributed by atoms with van der Waals surface area (Å²) >= 11 is 0. The minimum atomic E-state index is 0.0175. The van der Waals surface area contributed by atoms with Crippen LogP contribution >= 0.6 is 0 Å². The standard InChI is InChI=1S/C24H25N3O3/c1-29-22-14-13-19(16-23(22)30-2)26-24(25)27(20-11-7-4-8-12-20)17-21(28)15-18-9-5-3-6-10-18/h3-14,16H,15,17H2,1-2H3,(H2,25,26). The Morgan fingerprint density at radius 2 is 1.53 bits per heavy atom. The molecule has 0 unspecified atom stereocenters. The molecule has 6 nitrogen and oxygen atoms in total. The first kappa shape index (κ1) is 20.9. The molecule has 0 bridgehead atoms. The molecule has 0 radical (unpaired) electrons. The molecule has 0 aliphatic carbocycles. The molecule has 3 aromatic rings. The van der Waals surface area contributed by atoms with Gasteiger partial charge in [0.25, 0.3) is 0 Å². The lowest BCUT2D eigenvalue weighted by atomic mass is 10.1. The van der Waals surface area contributed by atoms with E-state index in [1.165, 1.54) is 0 Å². The molecule has 2 N–H and O–H groups in total. The van der Waals surface area contributed by atoms with E-state index in [1.54, 1.807) is 37.3 Å². The van der Waals surface area contributed by atoms with Crippen LogP contribution in [0.4, 0.5) is 11.4 Å². The molecule has 0 saturated carbocycles. The van der Waals surface area contributed by atoms with E-state index < -0.39 is 0 Å². The second kappa shape index (κ2) is 10.1. The first-order valence-electron chi connectivity index (χ1n) is 9.56. The molecular weight excluding hydrogens is 378 g/mol. The number of anilines is 2. The van der Waals surface area contributed by atoms with Gasteiger partial charge in [-0.3, -0.25) is 10.2 Å². The van der Waals surface area contributed by atoms with E-state index in [1.807, 2.05) is 60.7 Å². The van der Waals surface area contributed by atoms with Crippen LogP contribution in [0.2, 0.25) is 0 Å². The van der Waals surface area contributed by atoms with Crippen molar-refractivity contribution in [2.45, 2.75) is 6.42 Å². The van der Waals surface area contributed by atoms with Gasteiger partial charge in [-0.05, 0) is 29.8 Å². The molecule has 0 amide bonds. The van der Waals surface area contributed by atoms with Crippen molar-refractivity contribution in [1.29, 1.82) is 5.41 Å². The van der Waals surface area contributed by atoms with Gasteiger partial charge in [-0.25, -0.2) is 0 Å². The van der Waals surface area contributed by atoms with Crippen molar-refractivity contribution in [3.63, 3.8) is 0 Å². The maximum absolute atomic E-state index is 12.7. The topological polar surface area (TPSA) is 74.7 Å². The first-order chi connectivity index (χ1) is 14.6. The summed E-state index contributed by atoms with van der Waals surface area (Å²) in [6.07, 6.45) is 0.313. The van der Waals surface area contributed by atoms with Gasteiger partial charge in [0.15, 0.2) is 17.3 Å². The van der Waals surface area contributed by atoms with Gasteiger partial charge in [0.05, 0.1) is 20.8 Å². The van der Waals surface area contributed by atoms with Gasteiger partial charge in [0, 0.05) is 23.9 Å². The van der Waals surface area contributed by atoms with Crippen LogP contribution < -0.4 is 19.7 Å². The van der Waals surface area contributed by atoms with Gasteiger partial charge in [0.2, 0.25) is 5.96 Å². The minimum Gasteiger partial charge on any atom is -0.493 e. The molecule has 3 rings (SSSR count). The normalized spacial score (nSPS) is 10.2. The van der Waals surface area contributed by atoms with Gasteiger partial charge in [-0.15, -0.1) is 0 Å². The fourth-order valence-corrected chi connectivity index (χ4v) is 3.08. The Bertz CT molecular complexity index is 991. The van der Waals surface area contributed by atoms with Crippen LogP contribution in [-0.4, -0.2) is 32.5 Å². The number of benzene rings is 3. The number of Topliss-reactive ketones (excluding diaryl/α,β-unsaturated/α-hetero) is 1. The van der Waals surface area contributed by atoms with Crippen molar-refractivity contribution in [2.24, 2.45) is 0 Å². The summed E-state index contributed by atoms with van der Waals surface area (Å²) in [4.78, 5) is 14.4. The highest BCUT2D eigenvalue weighted by Gasteiger charge is 2.17. The lowest BCUT2D eigenvalue weighted by molar-refractivity contribution is -0.117. The van der Waals surface area contributed by atoms with Gasteiger partial charge in [-0.1, -0.05) is 48.5 Å². The van der Waals surface area contributed by atoms with Gasteiger partial charge in [0.1, 0.15) is 0 Å². The molecule has 0 aliphatic heterocycles. The van der Waals surface area contributed by atoms with E-state index in [2.05, 4.69) is 5.32 Å². The Labute approximate surface area is 176 Å². The second-order valence-electron chi connectivity index (χ2n) is 6.67. The van der Waals surface area contributed by atoms with Crippen LogP contribution in [0, 0.1) is 5.41 Å². The fraction of sp³-hybridized carbons (Fsp3) is 0.167. The van der Waals surface area contributed by atoms with Crippen LogP contribution in [-0.2, 0) is 11.2 Å². The molecular formula is C24H25N3O3. The molecule has 30 heavy (non-hydrogen) atoms. The highest BCUT2D eigenvalue weighted by Crippen LogP contribution is 2.30. The second-order valence-corrected chi connectivity index (χ2v) is 6.67. The molecule has 0 aromatic heterocycles. The highest BCUT2D eigenvalue weighted by molar-refractivity contribution is 6.06. The quantitative estimate of drug-likeness (QED) is 0.432. The third-order valence-electron chi connectivity index (χ3n) is 4.56. The van der Waals surface area contributed by atoms with Crippen molar-refractivity contribution < 1.29 is 14.3 Å². The predicted molar refractivity (Wildman–Crippen MR) is 120 cm³/mol. The number of ketones is 1. The zero-order chi connectivity index (χ0) is 21.3. The van der Waals surface area contributed by atoms with E-state index in [0.717, 1.165) is 11.3 Å². The average Bonchev–Trinajstić information content (AvgIpc) is 2.78. The van der Waals surface area contributed by atoms with Crippen molar-refractivity contribution in [1.82, 2.24) is 0 Å². The van der Waals surface area contributed by atoms with E-state index >= 15 is 0 Å². The number of carbonyl (C=O) groups is 1. The van der Waals surface area contributed by atoms with Crippen LogP contribution in [0.3, 0.4) is 0 Å². The van der Waals surface area contributed by atoms with E-state index in [0.29, 0.717) is 23.6 Å². The van der Waals surface area contributed by atoms with Crippen LogP contribution in [0.1, 0.15) is 5.56 Å². The van der Waals surface area contributed by atoms with Crippen molar-refractivity contribution in [3.05, 3.63) is 84.4 Å². The number of carbonyl (C=O) groups excluding carboxylic acids is 1. The Morgan fingerprint density at radius 3 is 2.17 bits per heavy atom. The van der Waals surface area contributed by atoms with Gasteiger partial charge < -0.3 is 19.7 Å². The number of hydrogen-bond donors (Lipinski definition) is 2. The average molecular weight is 403 g/mol. The molecule has 0 saturated heterocycles. The molecule has 0 aliphatic rings. The number of nitrogens with zero attached hydrogens (tertiary/aromatic N) is 1. The molecule has 0 atom stereocenters. The number of nitrogens with one attached hydrogen (secondary N) is 2. The lowest BCUT2D eigenvalue weighted by Gasteiger charge is -2.25. The monoisotopic (exact) mass is 403 g/mol. The van der Waals surface area contributed by atoms with Gasteiger partial charge in [-0.2, -0.15) is 0 Å². The third kappa shape index (κ3) is 5.38. The van der Waals surface area contributed by atoms with Crippen molar-refractivity contribution >= 4 is 23.1 Å². The van der Waals surface area contributed by atoms with E-state index in [-0.39, 0.29) is 18.3 Å². The molecule has 6 heteroatoms. The summed E-state index contributed by atoms with van der Waals surface area (Å²) in [7, 11) is 3.13. The summed E-state index contributed by atoms with van der Waals surface area (Å²) in [5.41, 5.74) is 2.38. The maximum Gasteiger partial charge on any atom is 0.200 e. The number of rotatable bonds is 8. The molecule has 0 heterocycles. The van der Waals surface area contributed by atoms with E-state index in [4.69, 9.17) is 14.9 Å². The Hall–Kier alpha value is -3.80. The smallest absolute Gasteiger partial charge is 0.200 e. The zero-order valence-corrected chi connectivity index (χ0v) is 17.1. The summed E-state index contributed by atoms with van der Waals surface area (Å²) < 4.78 is 10.6. The van der Waals surface area contributed by atoms with Gasteiger partial charge >= 0.3 is 0 Å². The molecule has 3 aromatic carbocycles. The SMILES string of the molecule is COc1ccc(NC(=N)N(CC(=O)Cc2ccccc2)c2ccccc2)cc1OC. The maximum atomic E-state index is 12.7. The fourth-order valence-electron chi connectivity index (χ4n) is 3.08. The summed E-state index contributed by atoms with van der Waals surface area (Å²) in [5, 5.41) is 11.7. The minimum absolute atomic E-state index is 0.0175. The number of guanidine groups is 1.